The summed E-state index contributed by atoms with van der Waals surface area (Å²) in [6, 6.07) is 4.12. The molecule has 156 valence electrons. The number of amides is 4. The lowest BCUT2D eigenvalue weighted by molar-refractivity contribution is -0.125. The number of urea groups is 1. The van der Waals surface area contributed by atoms with E-state index < -0.39 is 27.5 Å². The fourth-order valence-electron chi connectivity index (χ4n) is 4.08. The minimum atomic E-state index is -3.93. The van der Waals surface area contributed by atoms with Gasteiger partial charge in [0.2, 0.25) is 15.9 Å². The number of hydrogen-bond acceptors (Lipinski definition) is 6. The van der Waals surface area contributed by atoms with Crippen molar-refractivity contribution in [2.75, 3.05) is 31.6 Å². The first-order valence-electron chi connectivity index (χ1n) is 9.39. The Balaban J connectivity index is 1.61. The Morgan fingerprint density at radius 3 is 2.38 bits per heavy atom. The zero-order chi connectivity index (χ0) is 20.8. The van der Waals surface area contributed by atoms with Gasteiger partial charge in [0.1, 0.15) is 16.2 Å². The maximum Gasteiger partial charge on any atom is 0.322 e. The van der Waals surface area contributed by atoms with Crippen LogP contribution in [0.2, 0.25) is 0 Å². The zero-order valence-electron chi connectivity index (χ0n) is 15.9. The number of ether oxygens (including phenoxy) is 1. The van der Waals surface area contributed by atoms with E-state index in [2.05, 4.69) is 10.6 Å². The van der Waals surface area contributed by atoms with Crippen LogP contribution >= 0.6 is 0 Å². The van der Waals surface area contributed by atoms with Gasteiger partial charge in [-0.3, -0.25) is 14.9 Å². The van der Waals surface area contributed by atoms with Crippen LogP contribution in [0, 0.1) is 0 Å². The molecule has 4 amide bonds. The highest BCUT2D eigenvalue weighted by Gasteiger charge is 2.49. The summed E-state index contributed by atoms with van der Waals surface area (Å²) in [5, 5.41) is 4.82. The molecule has 3 aliphatic rings. The molecule has 29 heavy (non-hydrogen) atoms. The third kappa shape index (κ3) is 3.23. The Morgan fingerprint density at radius 2 is 1.83 bits per heavy atom. The van der Waals surface area contributed by atoms with Crippen molar-refractivity contribution in [3.63, 3.8) is 0 Å². The van der Waals surface area contributed by atoms with Crippen molar-refractivity contribution >= 4 is 33.6 Å². The molecule has 1 aromatic carbocycles. The van der Waals surface area contributed by atoms with Gasteiger partial charge in [0.05, 0.1) is 7.11 Å². The minimum absolute atomic E-state index is 0.0203. The number of hydrogen-bond donors (Lipinski definition) is 2. The first-order valence-corrected chi connectivity index (χ1v) is 10.8. The monoisotopic (exact) mass is 422 g/mol. The fraction of sp³-hybridized carbons (Fsp3) is 0.500. The molecule has 11 heteroatoms. The summed E-state index contributed by atoms with van der Waals surface area (Å²) >= 11 is 0. The van der Waals surface area contributed by atoms with Gasteiger partial charge < -0.3 is 15.0 Å². The molecule has 3 saturated heterocycles. The van der Waals surface area contributed by atoms with E-state index in [-0.39, 0.29) is 42.5 Å². The average molecular weight is 422 g/mol. The molecule has 3 fully saturated rings. The Kier molecular flexibility index (Phi) is 4.74. The van der Waals surface area contributed by atoms with E-state index in [1.165, 1.54) is 17.5 Å². The third-order valence-electron chi connectivity index (χ3n) is 5.74. The molecule has 0 radical (unpaired) electrons. The lowest BCUT2D eigenvalue weighted by atomic mass is 9.89. The highest BCUT2D eigenvalue weighted by Crippen LogP contribution is 2.35. The molecule has 2 N–H and O–H groups in total. The summed E-state index contributed by atoms with van der Waals surface area (Å²) < 4.78 is 33.2. The highest BCUT2D eigenvalue weighted by molar-refractivity contribution is 7.89. The van der Waals surface area contributed by atoms with Crippen LogP contribution in [0.5, 0.6) is 5.75 Å². The normalized spacial score (nSPS) is 22.1. The molecule has 3 heterocycles. The number of rotatable bonds is 4. The SMILES string of the molecule is COc1ccc(N2CCCC2=O)cc1S(=O)(=O)N1CCC2(CC1)NC(=O)NC2=O. The van der Waals surface area contributed by atoms with Crippen LogP contribution in [0.1, 0.15) is 25.7 Å². The standard InChI is InChI=1S/C18H22N4O6S/c1-28-13-5-4-12(22-8-2-3-15(22)23)11-14(13)29(26,27)21-9-6-18(7-10-21)16(24)19-17(25)20-18/h4-5,11H,2-3,6-10H2,1H3,(H2,19,20,24,25). The average Bonchev–Trinajstić information content (AvgIpc) is 3.24. The number of carbonyl (C=O) groups is 3. The number of anilines is 1. The number of benzene rings is 1. The van der Waals surface area contributed by atoms with Gasteiger partial charge in [-0.1, -0.05) is 0 Å². The number of nitrogens with one attached hydrogen (secondary N) is 2. The molecule has 0 saturated carbocycles. The van der Waals surface area contributed by atoms with Crippen molar-refractivity contribution in [2.24, 2.45) is 0 Å². The zero-order valence-corrected chi connectivity index (χ0v) is 16.8. The molecule has 0 unspecified atom stereocenters. The summed E-state index contributed by atoms with van der Waals surface area (Å²) in [5.41, 5.74) is -0.542. The second-order valence-electron chi connectivity index (χ2n) is 7.38. The van der Waals surface area contributed by atoms with Gasteiger partial charge in [0.15, 0.2) is 0 Å². The Hall–Kier alpha value is -2.66. The van der Waals surface area contributed by atoms with Crippen LogP contribution in [0.15, 0.2) is 23.1 Å². The van der Waals surface area contributed by atoms with E-state index in [1.807, 2.05) is 0 Å². The van der Waals surface area contributed by atoms with Gasteiger partial charge in [-0.2, -0.15) is 4.31 Å². The van der Waals surface area contributed by atoms with E-state index in [0.29, 0.717) is 18.7 Å². The Labute approximate surface area is 168 Å². The van der Waals surface area contributed by atoms with Crippen LogP contribution in [0.25, 0.3) is 0 Å². The lowest BCUT2D eigenvalue weighted by Gasteiger charge is -2.36. The number of nitrogens with zero attached hydrogens (tertiary/aromatic N) is 2. The molecule has 10 nitrogen and oxygen atoms in total. The number of methoxy groups -OCH3 is 1. The Morgan fingerprint density at radius 1 is 1.10 bits per heavy atom. The molecule has 1 spiro atoms. The van der Waals surface area contributed by atoms with Crippen LogP contribution in [-0.4, -0.2) is 62.9 Å². The van der Waals surface area contributed by atoms with E-state index in [4.69, 9.17) is 4.74 Å². The molecular formula is C18H22N4O6S. The Bertz CT molecular complexity index is 984. The lowest BCUT2D eigenvalue weighted by Crippen LogP contribution is -2.55. The predicted molar refractivity (Wildman–Crippen MR) is 102 cm³/mol. The maximum absolute atomic E-state index is 13.3. The molecule has 0 aromatic heterocycles. The topological polar surface area (TPSA) is 125 Å². The van der Waals surface area contributed by atoms with E-state index in [1.54, 1.807) is 17.0 Å². The molecule has 0 atom stereocenters. The van der Waals surface area contributed by atoms with E-state index in [9.17, 15) is 22.8 Å². The van der Waals surface area contributed by atoms with Gasteiger partial charge in [-0.15, -0.1) is 0 Å². The first kappa shape index (κ1) is 19.6. The largest absolute Gasteiger partial charge is 0.495 e. The fourth-order valence-corrected chi connectivity index (χ4v) is 5.70. The summed E-state index contributed by atoms with van der Waals surface area (Å²) in [4.78, 5) is 37.2. The van der Waals surface area contributed by atoms with Crippen molar-refractivity contribution in [1.29, 1.82) is 0 Å². The van der Waals surface area contributed by atoms with Crippen LogP contribution in [0.3, 0.4) is 0 Å². The van der Waals surface area contributed by atoms with E-state index >= 15 is 0 Å². The smallest absolute Gasteiger partial charge is 0.322 e. The van der Waals surface area contributed by atoms with Crippen molar-refractivity contribution < 1.29 is 27.5 Å². The summed E-state index contributed by atoms with van der Waals surface area (Å²) in [7, 11) is -2.54. The maximum atomic E-state index is 13.3. The van der Waals surface area contributed by atoms with Crippen molar-refractivity contribution in [2.45, 2.75) is 36.1 Å². The van der Waals surface area contributed by atoms with Gasteiger partial charge >= 0.3 is 6.03 Å². The van der Waals surface area contributed by atoms with Gasteiger partial charge in [-0.25, -0.2) is 13.2 Å². The van der Waals surface area contributed by atoms with Crippen LogP contribution in [-0.2, 0) is 19.6 Å². The van der Waals surface area contributed by atoms with Crippen LogP contribution in [0.4, 0.5) is 10.5 Å². The summed E-state index contributed by atoms with van der Waals surface area (Å²) in [6.45, 7) is 0.698. The molecule has 0 bridgehead atoms. The first-order chi connectivity index (χ1) is 13.8. The summed E-state index contributed by atoms with van der Waals surface area (Å²) in [6.07, 6.45) is 1.53. The van der Waals surface area contributed by atoms with Gasteiger partial charge in [0, 0.05) is 31.7 Å². The van der Waals surface area contributed by atoms with Gasteiger partial charge in [-0.05, 0) is 37.5 Å². The third-order valence-corrected chi connectivity index (χ3v) is 7.66. The second-order valence-corrected chi connectivity index (χ2v) is 9.28. The number of sulfonamides is 1. The molecular weight excluding hydrogens is 400 g/mol. The summed E-state index contributed by atoms with van der Waals surface area (Å²) in [5.74, 6) is -0.277. The molecule has 4 rings (SSSR count). The van der Waals surface area contributed by atoms with Crippen molar-refractivity contribution in [3.8, 4) is 5.75 Å². The van der Waals surface area contributed by atoms with Crippen molar-refractivity contribution in [3.05, 3.63) is 18.2 Å². The predicted octanol–water partition coefficient (Wildman–Crippen LogP) is 0.185. The van der Waals surface area contributed by atoms with Crippen molar-refractivity contribution in [1.82, 2.24) is 14.9 Å². The molecule has 1 aromatic rings. The quantitative estimate of drug-likeness (QED) is 0.667. The van der Waals surface area contributed by atoms with Gasteiger partial charge in [0.25, 0.3) is 5.91 Å². The minimum Gasteiger partial charge on any atom is -0.495 e. The number of carbonyl (C=O) groups excluding carboxylic acids is 3. The highest BCUT2D eigenvalue weighted by atomic mass is 32.2. The second kappa shape index (κ2) is 6.99. The number of piperidine rings is 1. The van der Waals surface area contributed by atoms with Crippen LogP contribution < -0.4 is 20.3 Å². The number of imide groups is 1. The van der Waals surface area contributed by atoms with E-state index in [0.717, 1.165) is 6.42 Å². The molecule has 0 aliphatic carbocycles. The molecule has 3 aliphatic heterocycles.